The van der Waals surface area contributed by atoms with Crippen molar-refractivity contribution in [3.63, 3.8) is 0 Å². The fraction of sp³-hybridized carbons (Fsp3) is 0.150. The number of barbiturate groups is 1. The third-order valence-corrected chi connectivity index (χ3v) is 4.86. The molecule has 0 spiro atoms. The number of nitrogens with one attached hydrogen (secondary N) is 1. The van der Waals surface area contributed by atoms with E-state index in [4.69, 9.17) is 9.47 Å². The zero-order valence-electron chi connectivity index (χ0n) is 15.6. The van der Waals surface area contributed by atoms with Crippen LogP contribution in [0.5, 0.6) is 17.2 Å². The summed E-state index contributed by atoms with van der Waals surface area (Å²) in [6.45, 7) is 2.31. The molecule has 29 heavy (non-hydrogen) atoms. The van der Waals surface area contributed by atoms with Crippen molar-refractivity contribution >= 4 is 52.2 Å². The summed E-state index contributed by atoms with van der Waals surface area (Å²) in [4.78, 5) is 38.3. The van der Waals surface area contributed by atoms with Crippen LogP contribution in [-0.2, 0) is 9.59 Å². The lowest BCUT2D eigenvalue weighted by molar-refractivity contribution is -0.122. The van der Waals surface area contributed by atoms with Crippen LogP contribution in [0.25, 0.3) is 6.08 Å². The minimum atomic E-state index is -0.860. The van der Waals surface area contributed by atoms with E-state index >= 15 is 0 Å². The van der Waals surface area contributed by atoms with Gasteiger partial charge in [-0.15, -0.1) is 0 Å². The van der Waals surface area contributed by atoms with Gasteiger partial charge in [-0.2, -0.15) is 0 Å². The Hall–Kier alpha value is -3.08. The molecule has 1 aliphatic heterocycles. The summed E-state index contributed by atoms with van der Waals surface area (Å²) in [5, 5.41) is 11.6. The SMILES string of the molecule is CCOc1c(I)cc(/C=C2\C(=O)NC(=O)N(c3ccc(O)cc3)C2=O)cc1OC. The van der Waals surface area contributed by atoms with Gasteiger partial charge in [-0.1, -0.05) is 0 Å². The number of carbonyl (C=O) groups is 3. The van der Waals surface area contributed by atoms with E-state index in [0.29, 0.717) is 23.7 Å². The first-order valence-electron chi connectivity index (χ1n) is 8.56. The average Bonchev–Trinajstić information content (AvgIpc) is 2.68. The number of phenolic OH excluding ortho intramolecular Hbond substituents is 1. The first kappa shape index (κ1) is 20.6. The van der Waals surface area contributed by atoms with Gasteiger partial charge >= 0.3 is 6.03 Å². The molecule has 2 aromatic carbocycles. The van der Waals surface area contributed by atoms with Crippen molar-refractivity contribution in [2.45, 2.75) is 6.92 Å². The second kappa shape index (κ2) is 8.52. The van der Waals surface area contributed by atoms with E-state index in [1.54, 1.807) is 12.1 Å². The number of rotatable bonds is 5. The van der Waals surface area contributed by atoms with Gasteiger partial charge < -0.3 is 14.6 Å². The number of phenols is 1. The molecule has 0 bridgehead atoms. The summed E-state index contributed by atoms with van der Waals surface area (Å²) in [7, 11) is 1.49. The third-order valence-electron chi connectivity index (χ3n) is 4.06. The summed E-state index contributed by atoms with van der Waals surface area (Å²) in [6.07, 6.45) is 1.39. The Morgan fingerprint density at radius 1 is 1.17 bits per heavy atom. The summed E-state index contributed by atoms with van der Waals surface area (Å²) in [5.74, 6) is -0.550. The van der Waals surface area contributed by atoms with Crippen molar-refractivity contribution in [1.29, 1.82) is 0 Å². The number of halogens is 1. The molecule has 150 valence electrons. The Labute approximate surface area is 180 Å². The van der Waals surface area contributed by atoms with Gasteiger partial charge in [-0.3, -0.25) is 14.9 Å². The van der Waals surface area contributed by atoms with Crippen LogP contribution >= 0.6 is 22.6 Å². The van der Waals surface area contributed by atoms with E-state index in [1.807, 2.05) is 6.92 Å². The molecule has 1 saturated heterocycles. The van der Waals surface area contributed by atoms with Crippen molar-refractivity contribution in [3.05, 3.63) is 51.1 Å². The van der Waals surface area contributed by atoms with Crippen LogP contribution in [0, 0.1) is 3.57 Å². The summed E-state index contributed by atoms with van der Waals surface area (Å²) >= 11 is 2.07. The fourth-order valence-electron chi connectivity index (χ4n) is 2.77. The van der Waals surface area contributed by atoms with E-state index in [-0.39, 0.29) is 17.0 Å². The first-order chi connectivity index (χ1) is 13.8. The quantitative estimate of drug-likeness (QED) is 0.366. The van der Waals surface area contributed by atoms with Crippen LogP contribution in [0.3, 0.4) is 0 Å². The number of nitrogens with zero attached hydrogens (tertiary/aromatic N) is 1. The number of urea groups is 1. The molecule has 0 radical (unpaired) electrons. The monoisotopic (exact) mass is 508 g/mol. The number of hydrogen-bond donors (Lipinski definition) is 2. The van der Waals surface area contributed by atoms with Gasteiger partial charge in [0.15, 0.2) is 11.5 Å². The van der Waals surface area contributed by atoms with E-state index in [1.165, 1.54) is 37.5 Å². The minimum Gasteiger partial charge on any atom is -0.508 e. The first-order valence-corrected chi connectivity index (χ1v) is 9.64. The van der Waals surface area contributed by atoms with Gasteiger partial charge in [0.2, 0.25) is 0 Å². The van der Waals surface area contributed by atoms with Crippen LogP contribution in [0.1, 0.15) is 12.5 Å². The van der Waals surface area contributed by atoms with Gasteiger partial charge in [-0.05, 0) is 77.6 Å². The van der Waals surface area contributed by atoms with Crippen LogP contribution in [-0.4, -0.2) is 36.7 Å². The highest BCUT2D eigenvalue weighted by Gasteiger charge is 2.36. The Bertz CT molecular complexity index is 1020. The van der Waals surface area contributed by atoms with Crippen LogP contribution in [0.15, 0.2) is 42.0 Å². The normalized spacial score (nSPS) is 15.5. The lowest BCUT2D eigenvalue weighted by atomic mass is 10.1. The number of aromatic hydroxyl groups is 1. The van der Waals surface area contributed by atoms with Gasteiger partial charge in [0.1, 0.15) is 11.3 Å². The molecule has 1 fully saturated rings. The van der Waals surface area contributed by atoms with Crippen molar-refractivity contribution < 1.29 is 29.0 Å². The number of hydrogen-bond acceptors (Lipinski definition) is 6. The second-order valence-electron chi connectivity index (χ2n) is 5.94. The molecule has 2 aromatic rings. The molecule has 8 nitrogen and oxygen atoms in total. The second-order valence-corrected chi connectivity index (χ2v) is 7.10. The molecule has 0 atom stereocenters. The summed E-state index contributed by atoms with van der Waals surface area (Å²) in [5.41, 5.74) is 0.551. The smallest absolute Gasteiger partial charge is 0.335 e. The van der Waals surface area contributed by atoms with Crippen LogP contribution < -0.4 is 19.7 Å². The van der Waals surface area contributed by atoms with Crippen molar-refractivity contribution in [2.24, 2.45) is 0 Å². The number of ether oxygens (including phenoxy) is 2. The molecule has 0 unspecified atom stereocenters. The zero-order valence-corrected chi connectivity index (χ0v) is 17.7. The van der Waals surface area contributed by atoms with Crippen LogP contribution in [0.2, 0.25) is 0 Å². The maximum absolute atomic E-state index is 12.9. The Morgan fingerprint density at radius 2 is 1.86 bits per heavy atom. The Kier molecular flexibility index (Phi) is 6.06. The number of methoxy groups -OCH3 is 1. The van der Waals surface area contributed by atoms with E-state index in [2.05, 4.69) is 27.9 Å². The maximum Gasteiger partial charge on any atom is 0.335 e. The number of carbonyl (C=O) groups excluding carboxylic acids is 3. The van der Waals surface area contributed by atoms with Gasteiger partial charge in [0.25, 0.3) is 11.8 Å². The number of amides is 4. The molecule has 0 aliphatic carbocycles. The predicted octanol–water partition coefficient (Wildman–Crippen LogP) is 3.07. The topological polar surface area (TPSA) is 105 Å². The largest absolute Gasteiger partial charge is 0.508 e. The van der Waals surface area contributed by atoms with Gasteiger partial charge in [0, 0.05) is 0 Å². The van der Waals surface area contributed by atoms with Crippen molar-refractivity contribution in [1.82, 2.24) is 5.32 Å². The predicted molar refractivity (Wildman–Crippen MR) is 114 cm³/mol. The van der Waals surface area contributed by atoms with Crippen molar-refractivity contribution in [3.8, 4) is 17.2 Å². The minimum absolute atomic E-state index is 0.0125. The molecule has 4 amide bonds. The molecule has 9 heteroatoms. The average molecular weight is 508 g/mol. The highest BCUT2D eigenvalue weighted by Crippen LogP contribution is 2.35. The maximum atomic E-state index is 12.9. The molecule has 0 saturated carbocycles. The molecule has 1 heterocycles. The molecular formula is C20H17IN2O6. The fourth-order valence-corrected chi connectivity index (χ4v) is 3.55. The van der Waals surface area contributed by atoms with E-state index in [0.717, 1.165) is 8.47 Å². The molecule has 0 aromatic heterocycles. The molecule has 2 N–H and O–H groups in total. The van der Waals surface area contributed by atoms with E-state index in [9.17, 15) is 19.5 Å². The molecule has 3 rings (SSSR count). The van der Waals surface area contributed by atoms with Gasteiger partial charge in [-0.25, -0.2) is 9.69 Å². The third kappa shape index (κ3) is 4.19. The highest BCUT2D eigenvalue weighted by molar-refractivity contribution is 14.1. The number of benzene rings is 2. The van der Waals surface area contributed by atoms with Crippen molar-refractivity contribution in [2.75, 3.05) is 18.6 Å². The van der Waals surface area contributed by atoms with Crippen LogP contribution in [0.4, 0.5) is 10.5 Å². The standard InChI is InChI=1S/C20H17IN2O6/c1-3-29-17-15(21)9-11(10-16(17)28-2)8-14-18(25)22-20(27)23(19(14)26)12-4-6-13(24)7-5-12/h4-10,24H,3H2,1-2H3,(H,22,25,27)/b14-8+. The van der Waals surface area contributed by atoms with E-state index < -0.39 is 17.8 Å². The lowest BCUT2D eigenvalue weighted by Gasteiger charge is -2.26. The summed E-state index contributed by atoms with van der Waals surface area (Å²) in [6, 6.07) is 8.02. The summed E-state index contributed by atoms with van der Waals surface area (Å²) < 4.78 is 11.7. The molecular weight excluding hydrogens is 491 g/mol. The molecule has 1 aliphatic rings. The lowest BCUT2D eigenvalue weighted by Crippen LogP contribution is -2.54. The Morgan fingerprint density at radius 3 is 2.48 bits per heavy atom. The van der Waals surface area contributed by atoms with Gasteiger partial charge in [0.05, 0.1) is 23.0 Å². The Balaban J connectivity index is 2.02. The zero-order chi connectivity index (χ0) is 21.1. The number of imide groups is 2. The number of anilines is 1. The highest BCUT2D eigenvalue weighted by atomic mass is 127.